The normalized spacial score (nSPS) is 18.4. The van der Waals surface area contributed by atoms with Crippen LogP contribution in [0.1, 0.15) is 28.8 Å². The Morgan fingerprint density at radius 2 is 2.35 bits per heavy atom. The Kier molecular flexibility index (Phi) is 4.72. The minimum Gasteiger partial charge on any atom is -0.391 e. The number of benzene rings is 1. The van der Waals surface area contributed by atoms with E-state index >= 15 is 0 Å². The van der Waals surface area contributed by atoms with Gasteiger partial charge in [0.05, 0.1) is 18.2 Å². The quantitative estimate of drug-likeness (QED) is 0.743. The highest BCUT2D eigenvalue weighted by molar-refractivity contribution is 5.96. The van der Waals surface area contributed by atoms with Gasteiger partial charge in [-0.25, -0.2) is 4.39 Å². The highest BCUT2D eigenvalue weighted by atomic mass is 19.1. The van der Waals surface area contributed by atoms with Gasteiger partial charge < -0.3 is 15.7 Å². The molecule has 3 N–H and O–H groups in total. The van der Waals surface area contributed by atoms with E-state index in [1.807, 2.05) is 0 Å². The number of nitrogens with two attached hydrogens (primary N) is 1. The second-order valence-electron chi connectivity index (χ2n) is 4.74. The Morgan fingerprint density at radius 1 is 1.55 bits per heavy atom. The van der Waals surface area contributed by atoms with Crippen LogP contribution in [0.5, 0.6) is 0 Å². The lowest BCUT2D eigenvalue weighted by atomic mass is 10.0. The van der Waals surface area contributed by atoms with Crippen molar-refractivity contribution in [3.05, 3.63) is 35.1 Å². The smallest absolute Gasteiger partial charge is 0.255 e. The van der Waals surface area contributed by atoms with Crippen LogP contribution in [0.25, 0.3) is 0 Å². The Hall–Kier alpha value is -1.90. The number of piperidine rings is 1. The summed E-state index contributed by atoms with van der Waals surface area (Å²) in [6.45, 7) is 1.02. The molecular weight excluding hydrogens is 259 g/mol. The van der Waals surface area contributed by atoms with Crippen LogP contribution in [-0.4, -0.2) is 41.7 Å². The molecule has 0 aromatic heterocycles. The largest absolute Gasteiger partial charge is 0.391 e. The van der Waals surface area contributed by atoms with Crippen molar-refractivity contribution < 1.29 is 14.3 Å². The molecule has 0 bridgehead atoms. The number of halogens is 1. The van der Waals surface area contributed by atoms with Gasteiger partial charge in [0.1, 0.15) is 5.82 Å². The van der Waals surface area contributed by atoms with E-state index in [1.165, 1.54) is 23.1 Å². The predicted octanol–water partition coefficient (Wildman–Crippen LogP) is 0.733. The van der Waals surface area contributed by atoms with Crippen LogP contribution in [0.15, 0.2) is 18.2 Å². The average molecular weight is 276 g/mol. The van der Waals surface area contributed by atoms with Gasteiger partial charge in [-0.05, 0) is 31.0 Å². The number of amides is 1. The summed E-state index contributed by atoms with van der Waals surface area (Å²) in [4.78, 5) is 14.0. The maximum atomic E-state index is 13.4. The van der Waals surface area contributed by atoms with Gasteiger partial charge in [-0.2, -0.15) is 0 Å². The van der Waals surface area contributed by atoms with Gasteiger partial charge in [0, 0.05) is 18.7 Å². The first-order valence-corrected chi connectivity index (χ1v) is 6.57. The van der Waals surface area contributed by atoms with Gasteiger partial charge in [-0.1, -0.05) is 11.8 Å². The zero-order valence-corrected chi connectivity index (χ0v) is 11.1. The molecule has 106 valence electrons. The van der Waals surface area contributed by atoms with Crippen LogP contribution in [0.3, 0.4) is 0 Å². The van der Waals surface area contributed by atoms with Crippen molar-refractivity contribution in [2.75, 3.05) is 19.6 Å². The van der Waals surface area contributed by atoms with Crippen molar-refractivity contribution in [1.82, 2.24) is 4.90 Å². The summed E-state index contributed by atoms with van der Waals surface area (Å²) < 4.78 is 13.4. The van der Waals surface area contributed by atoms with Gasteiger partial charge in [0.15, 0.2) is 0 Å². The van der Waals surface area contributed by atoms with Crippen molar-refractivity contribution in [2.45, 2.75) is 18.9 Å². The molecule has 1 heterocycles. The molecule has 0 radical (unpaired) electrons. The van der Waals surface area contributed by atoms with Crippen molar-refractivity contribution in [3.8, 4) is 11.8 Å². The van der Waals surface area contributed by atoms with Crippen molar-refractivity contribution in [1.29, 1.82) is 0 Å². The van der Waals surface area contributed by atoms with Crippen molar-refractivity contribution >= 4 is 5.91 Å². The van der Waals surface area contributed by atoms with Crippen LogP contribution < -0.4 is 5.73 Å². The Morgan fingerprint density at radius 3 is 3.05 bits per heavy atom. The summed E-state index contributed by atoms with van der Waals surface area (Å²) in [5, 5.41) is 9.63. The third-order valence-electron chi connectivity index (χ3n) is 3.22. The molecule has 1 fully saturated rings. The first-order chi connectivity index (χ1) is 9.61. The number of carbonyl (C=O) groups excluding carboxylic acids is 1. The zero-order chi connectivity index (χ0) is 14.5. The molecule has 1 aromatic rings. The molecule has 1 unspecified atom stereocenters. The van der Waals surface area contributed by atoms with Gasteiger partial charge in [-0.3, -0.25) is 4.79 Å². The molecular formula is C15H17FN2O2. The van der Waals surface area contributed by atoms with Gasteiger partial charge in [-0.15, -0.1) is 0 Å². The number of rotatable bonds is 1. The monoisotopic (exact) mass is 276 g/mol. The van der Waals surface area contributed by atoms with E-state index in [-0.39, 0.29) is 24.6 Å². The van der Waals surface area contributed by atoms with Crippen molar-refractivity contribution in [3.63, 3.8) is 0 Å². The van der Waals surface area contributed by atoms with E-state index in [1.54, 1.807) is 0 Å². The molecule has 0 spiro atoms. The minimum absolute atomic E-state index is 0.174. The summed E-state index contributed by atoms with van der Waals surface area (Å²) in [6.07, 6.45) is 0.915. The van der Waals surface area contributed by atoms with E-state index < -0.39 is 11.9 Å². The van der Waals surface area contributed by atoms with E-state index in [2.05, 4.69) is 11.8 Å². The van der Waals surface area contributed by atoms with Crippen LogP contribution in [0.4, 0.5) is 4.39 Å². The SMILES string of the molecule is NCC#Cc1ccc(F)cc1C(=O)N1CCCC(O)C1. The molecule has 0 saturated carbocycles. The molecule has 2 rings (SSSR count). The molecule has 20 heavy (non-hydrogen) atoms. The summed E-state index contributed by atoms with van der Waals surface area (Å²) in [7, 11) is 0. The molecule has 1 aliphatic heterocycles. The second-order valence-corrected chi connectivity index (χ2v) is 4.74. The van der Waals surface area contributed by atoms with Crippen molar-refractivity contribution in [2.24, 2.45) is 5.73 Å². The van der Waals surface area contributed by atoms with E-state index in [4.69, 9.17) is 5.73 Å². The highest BCUT2D eigenvalue weighted by Crippen LogP contribution is 2.17. The molecule has 0 aliphatic carbocycles. The summed E-state index contributed by atoms with van der Waals surface area (Å²) in [5.74, 6) is 4.66. The summed E-state index contributed by atoms with van der Waals surface area (Å²) in [6, 6.07) is 3.93. The summed E-state index contributed by atoms with van der Waals surface area (Å²) >= 11 is 0. The molecule has 1 aliphatic rings. The lowest BCUT2D eigenvalue weighted by Crippen LogP contribution is -2.42. The predicted molar refractivity (Wildman–Crippen MR) is 73.5 cm³/mol. The molecule has 4 nitrogen and oxygen atoms in total. The molecule has 1 aromatic carbocycles. The topological polar surface area (TPSA) is 66.6 Å². The number of nitrogens with zero attached hydrogens (tertiary/aromatic N) is 1. The third-order valence-corrected chi connectivity index (χ3v) is 3.22. The number of aliphatic hydroxyl groups is 1. The van der Waals surface area contributed by atoms with Crippen LogP contribution in [0, 0.1) is 17.7 Å². The standard InChI is InChI=1S/C15H17FN2O2/c16-12-6-5-11(3-1-7-17)14(9-12)15(20)18-8-2-4-13(19)10-18/h5-6,9,13,19H,2,4,7-8,10,17H2. The number of β-amino-alcohol motifs (C(OH)–C–C–N with tert-alkyl or cyclic N) is 1. The fraction of sp³-hybridized carbons (Fsp3) is 0.400. The van der Waals surface area contributed by atoms with Crippen LogP contribution >= 0.6 is 0 Å². The van der Waals surface area contributed by atoms with Crippen LogP contribution in [0.2, 0.25) is 0 Å². The first-order valence-electron chi connectivity index (χ1n) is 6.57. The van der Waals surface area contributed by atoms with E-state index in [0.717, 1.165) is 6.42 Å². The maximum absolute atomic E-state index is 13.4. The Balaban J connectivity index is 2.30. The third kappa shape index (κ3) is 3.35. The average Bonchev–Trinajstić information content (AvgIpc) is 2.45. The molecule has 1 amide bonds. The number of likely N-dealkylation sites (tertiary alicyclic amines) is 1. The molecule has 1 atom stereocenters. The Bertz CT molecular complexity index is 563. The van der Waals surface area contributed by atoms with Gasteiger partial charge in [0.2, 0.25) is 0 Å². The van der Waals surface area contributed by atoms with Crippen LogP contribution in [-0.2, 0) is 0 Å². The zero-order valence-electron chi connectivity index (χ0n) is 11.1. The molecule has 1 saturated heterocycles. The fourth-order valence-corrected chi connectivity index (χ4v) is 2.26. The maximum Gasteiger partial charge on any atom is 0.255 e. The van der Waals surface area contributed by atoms with Gasteiger partial charge in [0.25, 0.3) is 5.91 Å². The second kappa shape index (κ2) is 6.51. The molecule has 5 heteroatoms. The van der Waals surface area contributed by atoms with E-state index in [9.17, 15) is 14.3 Å². The number of hydrogen-bond donors (Lipinski definition) is 2. The first kappa shape index (κ1) is 14.5. The minimum atomic E-state index is -0.514. The van der Waals surface area contributed by atoms with Gasteiger partial charge >= 0.3 is 0 Å². The summed E-state index contributed by atoms with van der Waals surface area (Å²) in [5.41, 5.74) is 6.00. The fourth-order valence-electron chi connectivity index (χ4n) is 2.26. The lowest BCUT2D eigenvalue weighted by Gasteiger charge is -2.30. The Labute approximate surface area is 117 Å². The lowest BCUT2D eigenvalue weighted by molar-refractivity contribution is 0.0473. The highest BCUT2D eigenvalue weighted by Gasteiger charge is 2.24. The number of carbonyl (C=O) groups is 1. The number of hydrogen-bond acceptors (Lipinski definition) is 3. The number of aliphatic hydroxyl groups excluding tert-OH is 1. The van der Waals surface area contributed by atoms with E-state index in [0.29, 0.717) is 18.5 Å².